The monoisotopic (exact) mass is 392 g/mol. The minimum atomic E-state index is -3.95. The normalized spacial score (nSPS) is 18.4. The second kappa shape index (κ2) is 7.19. The lowest BCUT2D eigenvalue weighted by molar-refractivity contribution is -0.126. The highest BCUT2D eigenvalue weighted by atomic mass is 35.5. The van der Waals surface area contributed by atoms with Crippen LogP contribution in [0.1, 0.15) is 28.9 Å². The Bertz CT molecular complexity index is 957. The molecule has 26 heavy (non-hydrogen) atoms. The van der Waals surface area contributed by atoms with Gasteiger partial charge in [0.25, 0.3) is 0 Å². The SMILES string of the molecule is CC(=O)c1ccc(S(=O)(=O)N2CCNC(=O)C2c2ccccc2Cl)cc1. The number of nitrogens with zero attached hydrogens (tertiary/aromatic N) is 1. The predicted molar refractivity (Wildman–Crippen MR) is 97.5 cm³/mol. The second-order valence-electron chi connectivity index (χ2n) is 5.91. The highest BCUT2D eigenvalue weighted by Gasteiger charge is 2.40. The zero-order valence-corrected chi connectivity index (χ0v) is 15.5. The van der Waals surface area contributed by atoms with Gasteiger partial charge in [0.15, 0.2) is 5.78 Å². The van der Waals surface area contributed by atoms with Crippen molar-refractivity contribution in [2.24, 2.45) is 0 Å². The van der Waals surface area contributed by atoms with Crippen LogP contribution < -0.4 is 5.32 Å². The molecular formula is C18H17ClN2O4S. The fourth-order valence-corrected chi connectivity index (χ4v) is 4.70. The Morgan fingerprint density at radius 2 is 1.81 bits per heavy atom. The molecule has 1 aliphatic rings. The Morgan fingerprint density at radius 3 is 2.42 bits per heavy atom. The van der Waals surface area contributed by atoms with Gasteiger partial charge in [-0.1, -0.05) is 41.9 Å². The number of hydrogen-bond donors (Lipinski definition) is 1. The highest BCUT2D eigenvalue weighted by Crippen LogP contribution is 2.33. The van der Waals surface area contributed by atoms with Crippen molar-refractivity contribution < 1.29 is 18.0 Å². The van der Waals surface area contributed by atoms with E-state index in [1.165, 1.54) is 31.2 Å². The number of hydrogen-bond acceptors (Lipinski definition) is 4. The summed E-state index contributed by atoms with van der Waals surface area (Å²) in [6, 6.07) is 11.3. The lowest BCUT2D eigenvalue weighted by atomic mass is 10.0. The number of sulfonamides is 1. The molecule has 1 N–H and O–H groups in total. The molecule has 1 unspecified atom stereocenters. The molecule has 1 amide bonds. The molecule has 1 heterocycles. The average molecular weight is 393 g/mol. The van der Waals surface area contributed by atoms with Crippen LogP contribution in [0, 0.1) is 0 Å². The van der Waals surface area contributed by atoms with Gasteiger partial charge in [-0.25, -0.2) is 8.42 Å². The van der Waals surface area contributed by atoms with E-state index in [-0.39, 0.29) is 23.8 Å². The molecular weight excluding hydrogens is 376 g/mol. The molecule has 0 radical (unpaired) electrons. The number of halogens is 1. The number of rotatable bonds is 4. The third kappa shape index (κ3) is 3.38. The molecule has 0 bridgehead atoms. The smallest absolute Gasteiger partial charge is 0.244 e. The Balaban J connectivity index is 2.05. The summed E-state index contributed by atoms with van der Waals surface area (Å²) in [6.45, 7) is 1.74. The number of Topliss-reactive ketones (excluding diaryl/α,β-unsaturated/α-hetero) is 1. The molecule has 2 aromatic carbocycles. The molecule has 1 saturated heterocycles. The van der Waals surface area contributed by atoms with Crippen LogP contribution in [0.2, 0.25) is 5.02 Å². The fraction of sp³-hybridized carbons (Fsp3) is 0.222. The van der Waals surface area contributed by atoms with E-state index in [1.54, 1.807) is 24.3 Å². The van der Waals surface area contributed by atoms with Crippen molar-refractivity contribution in [3.8, 4) is 0 Å². The van der Waals surface area contributed by atoms with E-state index >= 15 is 0 Å². The molecule has 0 aliphatic carbocycles. The first-order chi connectivity index (χ1) is 12.3. The highest BCUT2D eigenvalue weighted by molar-refractivity contribution is 7.89. The zero-order chi connectivity index (χ0) is 18.9. The molecule has 2 aromatic rings. The Hall–Kier alpha value is -2.22. The minimum Gasteiger partial charge on any atom is -0.353 e. The van der Waals surface area contributed by atoms with Crippen LogP contribution >= 0.6 is 11.6 Å². The molecule has 6 nitrogen and oxygen atoms in total. The number of carbonyl (C=O) groups is 2. The fourth-order valence-electron chi connectivity index (χ4n) is 2.90. The van der Waals surface area contributed by atoms with Gasteiger partial charge in [-0.3, -0.25) is 9.59 Å². The predicted octanol–water partition coefficient (Wildman–Crippen LogP) is 2.40. The number of amides is 1. The Morgan fingerprint density at radius 1 is 1.15 bits per heavy atom. The van der Waals surface area contributed by atoms with Crippen LogP contribution in [-0.2, 0) is 14.8 Å². The summed E-state index contributed by atoms with van der Waals surface area (Å²) >= 11 is 6.20. The minimum absolute atomic E-state index is 0.0225. The largest absolute Gasteiger partial charge is 0.353 e. The summed E-state index contributed by atoms with van der Waals surface area (Å²) in [5.41, 5.74) is 0.846. The molecule has 1 atom stereocenters. The van der Waals surface area contributed by atoms with Crippen molar-refractivity contribution in [1.82, 2.24) is 9.62 Å². The van der Waals surface area contributed by atoms with E-state index < -0.39 is 22.0 Å². The van der Waals surface area contributed by atoms with Crippen molar-refractivity contribution >= 4 is 33.3 Å². The average Bonchev–Trinajstić information content (AvgIpc) is 2.62. The molecule has 0 aromatic heterocycles. The van der Waals surface area contributed by atoms with Crippen LogP contribution in [0.5, 0.6) is 0 Å². The van der Waals surface area contributed by atoms with E-state index in [0.29, 0.717) is 16.1 Å². The van der Waals surface area contributed by atoms with E-state index in [9.17, 15) is 18.0 Å². The zero-order valence-electron chi connectivity index (χ0n) is 14.0. The van der Waals surface area contributed by atoms with Crippen molar-refractivity contribution in [3.05, 3.63) is 64.7 Å². The lowest BCUT2D eigenvalue weighted by Gasteiger charge is -2.34. The molecule has 8 heteroatoms. The van der Waals surface area contributed by atoms with E-state index in [0.717, 1.165) is 4.31 Å². The molecule has 136 valence electrons. The number of nitrogens with one attached hydrogen (secondary N) is 1. The second-order valence-corrected chi connectivity index (χ2v) is 8.21. The van der Waals surface area contributed by atoms with Crippen LogP contribution in [0.4, 0.5) is 0 Å². The number of piperazine rings is 1. The summed E-state index contributed by atoms with van der Waals surface area (Å²) in [5, 5.41) is 3.01. The molecule has 1 aliphatic heterocycles. The number of benzene rings is 2. The lowest BCUT2D eigenvalue weighted by Crippen LogP contribution is -2.52. The molecule has 1 fully saturated rings. The van der Waals surface area contributed by atoms with E-state index in [4.69, 9.17) is 11.6 Å². The first-order valence-corrected chi connectivity index (χ1v) is 9.79. The van der Waals surface area contributed by atoms with Crippen molar-refractivity contribution in [1.29, 1.82) is 0 Å². The van der Waals surface area contributed by atoms with Crippen molar-refractivity contribution in [2.45, 2.75) is 17.9 Å². The third-order valence-electron chi connectivity index (χ3n) is 4.23. The maximum Gasteiger partial charge on any atom is 0.244 e. The Kier molecular flexibility index (Phi) is 5.13. The van der Waals surface area contributed by atoms with Crippen molar-refractivity contribution in [3.63, 3.8) is 0 Å². The standard InChI is InChI=1S/C18H17ClN2O4S/c1-12(22)13-6-8-14(9-7-13)26(24,25)21-11-10-20-18(23)17(21)15-4-2-3-5-16(15)19/h2-9,17H,10-11H2,1H3,(H,20,23). The van der Waals surface area contributed by atoms with Gasteiger partial charge in [0.2, 0.25) is 15.9 Å². The summed E-state index contributed by atoms with van der Waals surface area (Å²) in [6.07, 6.45) is 0. The molecule has 0 spiro atoms. The first-order valence-electron chi connectivity index (χ1n) is 7.97. The third-order valence-corrected chi connectivity index (χ3v) is 6.46. The quantitative estimate of drug-likeness (QED) is 0.810. The summed E-state index contributed by atoms with van der Waals surface area (Å²) in [4.78, 5) is 23.9. The van der Waals surface area contributed by atoms with Gasteiger partial charge >= 0.3 is 0 Å². The number of ketones is 1. The maximum absolute atomic E-state index is 13.1. The van der Waals surface area contributed by atoms with Crippen LogP contribution in [0.3, 0.4) is 0 Å². The van der Waals surface area contributed by atoms with Crippen LogP contribution in [0.25, 0.3) is 0 Å². The van der Waals surface area contributed by atoms with E-state index in [2.05, 4.69) is 5.32 Å². The number of carbonyl (C=O) groups excluding carboxylic acids is 2. The van der Waals surface area contributed by atoms with Gasteiger partial charge in [-0.05, 0) is 30.7 Å². The van der Waals surface area contributed by atoms with Gasteiger partial charge < -0.3 is 5.32 Å². The van der Waals surface area contributed by atoms with Crippen molar-refractivity contribution in [2.75, 3.05) is 13.1 Å². The Labute approximate surface area is 156 Å². The summed E-state index contributed by atoms with van der Waals surface area (Å²) < 4.78 is 27.4. The van der Waals surface area contributed by atoms with Gasteiger partial charge in [0, 0.05) is 23.7 Å². The van der Waals surface area contributed by atoms with Gasteiger partial charge in [-0.2, -0.15) is 4.31 Å². The molecule has 0 saturated carbocycles. The topological polar surface area (TPSA) is 83.6 Å². The van der Waals surface area contributed by atoms with Gasteiger partial charge in [-0.15, -0.1) is 0 Å². The van der Waals surface area contributed by atoms with Gasteiger partial charge in [0.05, 0.1) is 4.90 Å². The van der Waals surface area contributed by atoms with Crippen LogP contribution in [-0.4, -0.2) is 37.5 Å². The maximum atomic E-state index is 13.1. The summed E-state index contributed by atoms with van der Waals surface area (Å²) in [5.74, 6) is -0.575. The first kappa shape index (κ1) is 18.6. The van der Waals surface area contributed by atoms with Crippen LogP contribution in [0.15, 0.2) is 53.4 Å². The van der Waals surface area contributed by atoms with E-state index in [1.807, 2.05) is 0 Å². The summed E-state index contributed by atoms with van der Waals surface area (Å²) in [7, 11) is -3.95. The van der Waals surface area contributed by atoms with Gasteiger partial charge in [0.1, 0.15) is 6.04 Å². The molecule has 3 rings (SSSR count).